The molecule has 1 saturated heterocycles. The van der Waals surface area contributed by atoms with Gasteiger partial charge in [0.15, 0.2) is 5.78 Å². The number of nitrogens with zero attached hydrogens (tertiary/aromatic N) is 3. The van der Waals surface area contributed by atoms with Crippen molar-refractivity contribution < 1.29 is 33.8 Å². The van der Waals surface area contributed by atoms with Gasteiger partial charge in [0.05, 0.1) is 29.6 Å². The number of nitrogens with two attached hydrogens (primary N) is 1. The van der Waals surface area contributed by atoms with E-state index in [1.165, 1.54) is 34.1 Å². The molecule has 14 heteroatoms. The fourth-order valence-electron chi connectivity index (χ4n) is 6.35. The molecule has 258 valence electrons. The molecule has 3 unspecified atom stereocenters. The lowest BCUT2D eigenvalue weighted by atomic mass is 9.72. The number of amides is 4. The molecular weight excluding hydrogens is 673 g/mol. The summed E-state index contributed by atoms with van der Waals surface area (Å²) in [6, 6.07) is 8.78. The number of primary amides is 1. The largest absolute Gasteiger partial charge is 0.487 e. The highest BCUT2D eigenvalue weighted by Crippen LogP contribution is 2.50. The van der Waals surface area contributed by atoms with Gasteiger partial charge in [0.25, 0.3) is 0 Å². The lowest BCUT2D eigenvalue weighted by molar-refractivity contribution is -0.123. The van der Waals surface area contributed by atoms with E-state index in [2.05, 4.69) is 5.32 Å². The lowest BCUT2D eigenvalue weighted by Gasteiger charge is -2.44. The van der Waals surface area contributed by atoms with Gasteiger partial charge in [-0.2, -0.15) is 0 Å². The van der Waals surface area contributed by atoms with Gasteiger partial charge in [0.1, 0.15) is 23.7 Å². The number of allylic oxidation sites excluding steroid dienone is 3. The lowest BCUT2D eigenvalue weighted by Crippen LogP contribution is -2.59. The molecule has 4 N–H and O–H groups in total. The number of urea groups is 1. The molecule has 1 fully saturated rings. The molecule has 0 aromatic heterocycles. The Hall–Kier alpha value is -4.68. The average Bonchev–Trinajstić information content (AvgIpc) is 3.40. The van der Waals surface area contributed by atoms with E-state index in [1.807, 2.05) is 33.8 Å². The van der Waals surface area contributed by atoms with Crippen LogP contribution in [0.3, 0.4) is 0 Å². The predicted octanol–water partition coefficient (Wildman–Crippen LogP) is 5.00. The van der Waals surface area contributed by atoms with Crippen LogP contribution in [0.5, 0.6) is 5.75 Å². The number of piperazine rings is 1. The van der Waals surface area contributed by atoms with E-state index in [4.69, 9.17) is 38.7 Å². The van der Waals surface area contributed by atoms with Crippen LogP contribution in [-0.4, -0.2) is 81.6 Å². The standard InChI is InChI=1S/C35H37Cl2N5O7/c1-34(2,3)49-26-13-21(25(43)15-27(38)44)9-10-24(26)31-40-29(19-5-7-20(8-6-19)32(46)47)30(35(4)16-22(36)14-23(37)17-35)42(31)33(48)41-12-11-39-28(45)18-41/h5-10,13-14,16,29-30H,11-12,15,17-18H2,1-4H3,(H2,38,44)(H,39,45)(H,46,47). The van der Waals surface area contributed by atoms with Gasteiger partial charge in [-0.15, -0.1) is 0 Å². The minimum Gasteiger partial charge on any atom is -0.487 e. The molecule has 0 spiro atoms. The van der Waals surface area contributed by atoms with Crippen molar-refractivity contribution in [3.8, 4) is 5.75 Å². The molecule has 1 aliphatic carbocycles. The van der Waals surface area contributed by atoms with Gasteiger partial charge in [-0.25, -0.2) is 9.59 Å². The van der Waals surface area contributed by atoms with Crippen LogP contribution in [0.4, 0.5) is 4.79 Å². The quantitative estimate of drug-likeness (QED) is 0.256. The maximum absolute atomic E-state index is 14.8. The highest BCUT2D eigenvalue weighted by atomic mass is 35.5. The molecule has 2 aliphatic heterocycles. The maximum Gasteiger partial charge on any atom is 0.335 e. The third-order valence-corrected chi connectivity index (χ3v) is 8.82. The van der Waals surface area contributed by atoms with Gasteiger partial charge in [-0.1, -0.05) is 54.4 Å². The Morgan fingerprint density at radius 2 is 1.78 bits per heavy atom. The molecule has 0 radical (unpaired) electrons. The Bertz CT molecular complexity index is 1810. The second-order valence-corrected chi connectivity index (χ2v) is 14.4. The van der Waals surface area contributed by atoms with Crippen LogP contribution in [0.2, 0.25) is 0 Å². The number of carbonyl (C=O) groups excluding carboxylic acids is 4. The number of Topliss-reactive ketones (excluding diaryl/α,β-unsaturated/α-hetero) is 1. The summed E-state index contributed by atoms with van der Waals surface area (Å²) in [5, 5.41) is 13.1. The van der Waals surface area contributed by atoms with E-state index in [0.29, 0.717) is 21.2 Å². The van der Waals surface area contributed by atoms with Crippen LogP contribution < -0.4 is 15.8 Å². The van der Waals surface area contributed by atoms with Crippen molar-refractivity contribution >= 4 is 58.6 Å². The molecule has 4 amide bonds. The number of hydrogen-bond acceptors (Lipinski definition) is 7. The molecule has 5 rings (SSSR count). The maximum atomic E-state index is 14.8. The van der Waals surface area contributed by atoms with Crippen molar-refractivity contribution in [3.05, 3.63) is 86.9 Å². The SMILES string of the molecule is CC(C)(C)Oc1cc(C(=O)CC(N)=O)ccc1C1=NC(c2ccc(C(=O)O)cc2)C(C2(C)C=C(Cl)C=C(Cl)C2)N1C(=O)N1CCNC(=O)C1. The number of aliphatic imine (C=N–C) groups is 1. The monoisotopic (exact) mass is 709 g/mol. The predicted molar refractivity (Wildman–Crippen MR) is 184 cm³/mol. The number of aromatic carboxylic acids is 1. The molecule has 3 atom stereocenters. The van der Waals surface area contributed by atoms with E-state index in [1.54, 1.807) is 24.3 Å². The number of ketones is 1. The third kappa shape index (κ3) is 7.81. The van der Waals surface area contributed by atoms with Gasteiger partial charge in [0, 0.05) is 34.1 Å². The Kier molecular flexibility index (Phi) is 9.94. The van der Waals surface area contributed by atoms with E-state index in [9.17, 15) is 29.1 Å². The van der Waals surface area contributed by atoms with Gasteiger partial charge in [-0.3, -0.25) is 24.3 Å². The topological polar surface area (TPSA) is 172 Å². The second-order valence-electron chi connectivity index (χ2n) is 13.5. The summed E-state index contributed by atoms with van der Waals surface area (Å²) in [5.74, 6) is -2.30. The minimum absolute atomic E-state index is 0.0737. The number of benzene rings is 2. The molecule has 2 aromatic rings. The molecule has 12 nitrogen and oxygen atoms in total. The second kappa shape index (κ2) is 13.7. The van der Waals surface area contributed by atoms with Crippen molar-refractivity contribution in [2.75, 3.05) is 19.6 Å². The number of carbonyl (C=O) groups is 5. The summed E-state index contributed by atoms with van der Waals surface area (Å²) in [6.45, 7) is 7.67. The van der Waals surface area contributed by atoms with Gasteiger partial charge in [0.2, 0.25) is 11.8 Å². The summed E-state index contributed by atoms with van der Waals surface area (Å²) in [7, 11) is 0. The number of carboxylic acids is 1. The van der Waals surface area contributed by atoms with E-state index in [0.717, 1.165) is 0 Å². The molecule has 2 heterocycles. The Labute approximate surface area is 293 Å². The molecule has 3 aliphatic rings. The molecule has 0 saturated carbocycles. The van der Waals surface area contributed by atoms with Crippen LogP contribution in [0.1, 0.15) is 78.4 Å². The summed E-state index contributed by atoms with van der Waals surface area (Å²) in [4.78, 5) is 71.6. The minimum atomic E-state index is -1.10. The normalized spacial score (nSPS) is 22.5. The first-order valence-electron chi connectivity index (χ1n) is 15.6. The fraction of sp³-hybridized carbons (Fsp3) is 0.371. The zero-order valence-electron chi connectivity index (χ0n) is 27.5. The van der Waals surface area contributed by atoms with E-state index in [-0.39, 0.29) is 54.7 Å². The van der Waals surface area contributed by atoms with Gasteiger partial charge < -0.3 is 25.8 Å². The van der Waals surface area contributed by atoms with Crippen LogP contribution >= 0.6 is 23.2 Å². The smallest absolute Gasteiger partial charge is 0.335 e. The van der Waals surface area contributed by atoms with E-state index < -0.39 is 53.2 Å². The average molecular weight is 711 g/mol. The zero-order valence-corrected chi connectivity index (χ0v) is 29.0. The Morgan fingerprint density at radius 1 is 1.10 bits per heavy atom. The van der Waals surface area contributed by atoms with Crippen LogP contribution in [0, 0.1) is 5.41 Å². The summed E-state index contributed by atoms with van der Waals surface area (Å²) >= 11 is 13.2. The van der Waals surface area contributed by atoms with Crippen LogP contribution in [-0.2, 0) is 9.59 Å². The highest BCUT2D eigenvalue weighted by Gasteiger charge is 2.52. The Balaban J connectivity index is 1.76. The van der Waals surface area contributed by atoms with Gasteiger partial charge in [-0.05, 0) is 63.1 Å². The number of hydrogen-bond donors (Lipinski definition) is 3. The first kappa shape index (κ1) is 35.6. The van der Waals surface area contributed by atoms with Crippen LogP contribution in [0.25, 0.3) is 0 Å². The number of carboxylic acid groups (broad SMARTS) is 1. The first-order valence-corrected chi connectivity index (χ1v) is 16.4. The number of nitrogens with one attached hydrogen (secondary N) is 1. The first-order chi connectivity index (χ1) is 23.0. The molecule has 49 heavy (non-hydrogen) atoms. The molecule has 0 bridgehead atoms. The van der Waals surface area contributed by atoms with Crippen molar-refractivity contribution in [2.24, 2.45) is 16.1 Å². The summed E-state index contributed by atoms with van der Waals surface area (Å²) in [5.41, 5.74) is 4.84. The fourth-order valence-corrected chi connectivity index (χ4v) is 7.20. The van der Waals surface area contributed by atoms with Crippen molar-refractivity contribution in [1.29, 1.82) is 0 Å². The summed E-state index contributed by atoms with van der Waals surface area (Å²) in [6.07, 6.45) is 3.24. The number of amidine groups is 1. The Morgan fingerprint density at radius 3 is 2.37 bits per heavy atom. The number of halogens is 2. The van der Waals surface area contributed by atoms with Crippen molar-refractivity contribution in [2.45, 2.75) is 58.2 Å². The van der Waals surface area contributed by atoms with Crippen LogP contribution in [0.15, 0.2) is 69.7 Å². The number of rotatable bonds is 8. The molecular formula is C35H37Cl2N5O7. The number of ether oxygens (including phenoxy) is 1. The molecule has 2 aromatic carbocycles. The van der Waals surface area contributed by atoms with Crippen molar-refractivity contribution in [3.63, 3.8) is 0 Å². The summed E-state index contributed by atoms with van der Waals surface area (Å²) < 4.78 is 6.36. The van der Waals surface area contributed by atoms with Gasteiger partial charge >= 0.3 is 12.0 Å². The van der Waals surface area contributed by atoms with Crippen molar-refractivity contribution in [1.82, 2.24) is 15.1 Å². The van der Waals surface area contributed by atoms with E-state index >= 15 is 0 Å². The highest BCUT2D eigenvalue weighted by molar-refractivity contribution is 6.35. The third-order valence-electron chi connectivity index (χ3n) is 8.36. The zero-order chi connectivity index (χ0) is 35.8.